The Hall–Kier alpha value is -3.02. The van der Waals surface area contributed by atoms with Gasteiger partial charge in [-0.2, -0.15) is 0 Å². The number of hydrogen-bond acceptors (Lipinski definition) is 4. The number of fused-ring (bicyclic) bond motifs is 1. The van der Waals surface area contributed by atoms with Crippen LogP contribution in [0, 0.1) is 0 Å². The van der Waals surface area contributed by atoms with Gasteiger partial charge in [0.2, 0.25) is 0 Å². The van der Waals surface area contributed by atoms with Crippen LogP contribution in [0.3, 0.4) is 0 Å². The molecule has 3 amide bonds. The molecule has 0 aliphatic carbocycles. The Labute approximate surface area is 145 Å². The van der Waals surface area contributed by atoms with Crippen molar-refractivity contribution < 1.29 is 14.4 Å². The van der Waals surface area contributed by atoms with E-state index in [2.05, 4.69) is 10.3 Å². The topological polar surface area (TPSA) is 79.4 Å². The molecular formula is C19H19N3O3. The summed E-state index contributed by atoms with van der Waals surface area (Å²) >= 11 is 0. The molecule has 1 aromatic carbocycles. The molecule has 1 N–H and O–H groups in total. The second-order valence-electron chi connectivity index (χ2n) is 5.92. The third-order valence-corrected chi connectivity index (χ3v) is 4.14. The summed E-state index contributed by atoms with van der Waals surface area (Å²) < 4.78 is 0. The number of pyridine rings is 1. The number of unbranched alkanes of at least 4 members (excludes halogenated alkanes) is 1. The van der Waals surface area contributed by atoms with E-state index < -0.39 is 0 Å². The molecule has 0 unspecified atom stereocenters. The highest BCUT2D eigenvalue weighted by Gasteiger charge is 2.35. The standard InChI is InChI=1S/C19H19N3O3/c1-2-3-9-22-18(24)15-7-6-14(10-16(15)19(22)25)17(23)21-12-13-5-4-8-20-11-13/h4-8,10-11H,2-3,9,12H2,1H3,(H,21,23). The van der Waals surface area contributed by atoms with E-state index in [1.54, 1.807) is 30.6 Å². The average molecular weight is 337 g/mol. The largest absolute Gasteiger partial charge is 0.348 e. The molecule has 6 heteroatoms. The SMILES string of the molecule is CCCCN1C(=O)c2ccc(C(=O)NCc3cccnc3)cc2C1=O. The summed E-state index contributed by atoms with van der Waals surface area (Å²) in [5.74, 6) is -0.898. The summed E-state index contributed by atoms with van der Waals surface area (Å²) in [5, 5.41) is 2.79. The molecule has 2 heterocycles. The van der Waals surface area contributed by atoms with Gasteiger partial charge in [-0.15, -0.1) is 0 Å². The van der Waals surface area contributed by atoms with Gasteiger partial charge in [-0.25, -0.2) is 0 Å². The predicted molar refractivity (Wildman–Crippen MR) is 92.1 cm³/mol. The lowest BCUT2D eigenvalue weighted by Crippen LogP contribution is -2.30. The van der Waals surface area contributed by atoms with E-state index >= 15 is 0 Å². The van der Waals surface area contributed by atoms with Crippen molar-refractivity contribution in [2.45, 2.75) is 26.3 Å². The van der Waals surface area contributed by atoms with E-state index in [-0.39, 0.29) is 17.7 Å². The second kappa shape index (κ2) is 7.25. The van der Waals surface area contributed by atoms with Gasteiger partial charge in [0.15, 0.2) is 0 Å². The molecule has 0 saturated carbocycles. The lowest BCUT2D eigenvalue weighted by Gasteiger charge is -2.12. The van der Waals surface area contributed by atoms with Crippen LogP contribution in [-0.2, 0) is 6.54 Å². The smallest absolute Gasteiger partial charge is 0.261 e. The predicted octanol–water partition coefficient (Wildman–Crippen LogP) is 2.41. The minimum absolute atomic E-state index is 0.282. The quantitative estimate of drug-likeness (QED) is 0.821. The van der Waals surface area contributed by atoms with Crippen LogP contribution in [0.2, 0.25) is 0 Å². The van der Waals surface area contributed by atoms with Gasteiger partial charge in [0.1, 0.15) is 0 Å². The minimum Gasteiger partial charge on any atom is -0.348 e. The first-order chi connectivity index (χ1) is 12.1. The Morgan fingerprint density at radius 1 is 1.16 bits per heavy atom. The van der Waals surface area contributed by atoms with Crippen molar-refractivity contribution in [1.29, 1.82) is 0 Å². The van der Waals surface area contributed by atoms with Gasteiger partial charge in [0, 0.05) is 31.0 Å². The van der Waals surface area contributed by atoms with Crippen molar-refractivity contribution in [3.05, 3.63) is 65.0 Å². The first kappa shape index (κ1) is 16.8. The fraction of sp³-hybridized carbons (Fsp3) is 0.263. The Morgan fingerprint density at radius 3 is 2.68 bits per heavy atom. The minimum atomic E-state index is -0.324. The van der Waals surface area contributed by atoms with Gasteiger partial charge in [-0.05, 0) is 36.2 Å². The fourth-order valence-corrected chi connectivity index (χ4v) is 2.74. The number of carbonyl (C=O) groups excluding carboxylic acids is 3. The van der Waals surface area contributed by atoms with Crippen LogP contribution in [0.5, 0.6) is 0 Å². The molecule has 25 heavy (non-hydrogen) atoms. The van der Waals surface area contributed by atoms with Crippen LogP contribution >= 0.6 is 0 Å². The number of carbonyl (C=O) groups is 3. The molecular weight excluding hydrogens is 318 g/mol. The highest BCUT2D eigenvalue weighted by atomic mass is 16.2. The monoisotopic (exact) mass is 337 g/mol. The maximum Gasteiger partial charge on any atom is 0.261 e. The van der Waals surface area contributed by atoms with Gasteiger partial charge in [-0.1, -0.05) is 19.4 Å². The summed E-state index contributed by atoms with van der Waals surface area (Å²) in [6.07, 6.45) is 5.01. The molecule has 0 spiro atoms. The molecule has 1 aliphatic rings. The van der Waals surface area contributed by atoms with E-state index in [1.807, 2.05) is 13.0 Å². The highest BCUT2D eigenvalue weighted by molar-refractivity contribution is 6.22. The Bertz CT molecular complexity index is 818. The summed E-state index contributed by atoms with van der Waals surface area (Å²) in [4.78, 5) is 42.3. The summed E-state index contributed by atoms with van der Waals surface area (Å²) in [6, 6.07) is 8.29. The molecule has 3 rings (SSSR count). The molecule has 128 valence electrons. The van der Waals surface area contributed by atoms with Crippen molar-refractivity contribution in [1.82, 2.24) is 15.2 Å². The van der Waals surface area contributed by atoms with Gasteiger partial charge in [-0.3, -0.25) is 24.3 Å². The van der Waals surface area contributed by atoms with E-state index in [9.17, 15) is 14.4 Å². The maximum absolute atomic E-state index is 12.4. The van der Waals surface area contributed by atoms with Crippen molar-refractivity contribution in [2.75, 3.05) is 6.54 Å². The first-order valence-corrected chi connectivity index (χ1v) is 8.29. The summed E-state index contributed by atoms with van der Waals surface area (Å²) in [5.41, 5.74) is 1.91. The van der Waals surface area contributed by atoms with Gasteiger partial charge >= 0.3 is 0 Å². The molecule has 6 nitrogen and oxygen atoms in total. The normalized spacial score (nSPS) is 13.1. The van der Waals surface area contributed by atoms with E-state index in [1.165, 1.54) is 11.0 Å². The zero-order chi connectivity index (χ0) is 17.8. The third kappa shape index (κ3) is 3.42. The van der Waals surface area contributed by atoms with E-state index in [0.29, 0.717) is 29.8 Å². The molecule has 0 radical (unpaired) electrons. The molecule has 0 atom stereocenters. The Balaban J connectivity index is 1.74. The van der Waals surface area contributed by atoms with Crippen molar-refractivity contribution in [2.24, 2.45) is 0 Å². The van der Waals surface area contributed by atoms with Crippen molar-refractivity contribution in [3.63, 3.8) is 0 Å². The number of nitrogens with zero attached hydrogens (tertiary/aromatic N) is 2. The number of imide groups is 1. The summed E-state index contributed by atoms with van der Waals surface area (Å²) in [7, 11) is 0. The highest BCUT2D eigenvalue weighted by Crippen LogP contribution is 2.24. The molecule has 0 saturated heterocycles. The summed E-state index contributed by atoms with van der Waals surface area (Å²) in [6.45, 7) is 2.76. The lowest BCUT2D eigenvalue weighted by atomic mass is 10.1. The lowest BCUT2D eigenvalue weighted by molar-refractivity contribution is 0.0652. The number of aromatic nitrogens is 1. The van der Waals surface area contributed by atoms with Crippen LogP contribution in [-0.4, -0.2) is 34.2 Å². The number of rotatable bonds is 6. The van der Waals surface area contributed by atoms with Crippen LogP contribution < -0.4 is 5.32 Å². The van der Waals surface area contributed by atoms with Crippen LogP contribution in [0.25, 0.3) is 0 Å². The maximum atomic E-state index is 12.4. The van der Waals surface area contributed by atoms with Gasteiger partial charge in [0.25, 0.3) is 17.7 Å². The molecule has 1 aromatic heterocycles. The second-order valence-corrected chi connectivity index (χ2v) is 5.92. The molecule has 2 aromatic rings. The number of benzene rings is 1. The third-order valence-electron chi connectivity index (χ3n) is 4.14. The van der Waals surface area contributed by atoms with E-state index in [4.69, 9.17) is 0 Å². The van der Waals surface area contributed by atoms with Crippen LogP contribution in [0.4, 0.5) is 0 Å². The number of nitrogens with one attached hydrogen (secondary N) is 1. The van der Waals surface area contributed by atoms with Crippen LogP contribution in [0.15, 0.2) is 42.7 Å². The zero-order valence-electron chi connectivity index (χ0n) is 14.0. The number of amides is 3. The first-order valence-electron chi connectivity index (χ1n) is 8.29. The Morgan fingerprint density at radius 2 is 1.96 bits per heavy atom. The van der Waals surface area contributed by atoms with E-state index in [0.717, 1.165) is 18.4 Å². The Kier molecular flexibility index (Phi) is 4.88. The fourth-order valence-electron chi connectivity index (χ4n) is 2.74. The zero-order valence-corrected chi connectivity index (χ0v) is 14.0. The molecule has 1 aliphatic heterocycles. The van der Waals surface area contributed by atoms with Gasteiger partial charge < -0.3 is 5.32 Å². The van der Waals surface area contributed by atoms with Gasteiger partial charge in [0.05, 0.1) is 11.1 Å². The molecule has 0 bridgehead atoms. The van der Waals surface area contributed by atoms with Crippen molar-refractivity contribution in [3.8, 4) is 0 Å². The van der Waals surface area contributed by atoms with Crippen molar-refractivity contribution >= 4 is 17.7 Å². The molecule has 0 fully saturated rings. The van der Waals surface area contributed by atoms with Crippen LogP contribution in [0.1, 0.15) is 56.4 Å². The average Bonchev–Trinajstić information content (AvgIpc) is 2.89. The number of hydrogen-bond donors (Lipinski definition) is 1.